The van der Waals surface area contributed by atoms with E-state index in [9.17, 15) is 14.4 Å². The van der Waals surface area contributed by atoms with Crippen molar-refractivity contribution in [1.29, 1.82) is 5.26 Å². The van der Waals surface area contributed by atoms with Crippen LogP contribution in [-0.2, 0) is 14.3 Å². The quantitative estimate of drug-likeness (QED) is 0.795. The van der Waals surface area contributed by atoms with Crippen LogP contribution in [0.2, 0.25) is 0 Å². The molecule has 0 atom stereocenters. The van der Waals surface area contributed by atoms with Gasteiger partial charge in [-0.25, -0.2) is 4.39 Å². The molecule has 0 aliphatic carbocycles. The predicted molar refractivity (Wildman–Crippen MR) is 113 cm³/mol. The first-order valence-corrected chi connectivity index (χ1v) is 10.6. The number of amides is 1. The molecule has 164 valence electrons. The van der Waals surface area contributed by atoms with Crippen molar-refractivity contribution in [3.8, 4) is 11.8 Å². The second-order valence-electron chi connectivity index (χ2n) is 8.13. The molecule has 0 saturated carbocycles. The topological polar surface area (TPSA) is 79.5 Å². The minimum atomic E-state index is -0.340. The van der Waals surface area contributed by atoms with Crippen molar-refractivity contribution >= 4 is 11.7 Å². The number of rotatable bonds is 5. The molecule has 2 saturated heterocycles. The Labute approximate surface area is 181 Å². The van der Waals surface area contributed by atoms with Crippen LogP contribution in [0.3, 0.4) is 0 Å². The van der Waals surface area contributed by atoms with Gasteiger partial charge in [0.15, 0.2) is 6.29 Å². The average molecular weight is 426 g/mol. The Morgan fingerprint density at radius 2 is 1.84 bits per heavy atom. The van der Waals surface area contributed by atoms with Crippen LogP contribution in [0.15, 0.2) is 24.3 Å². The third-order valence-electron chi connectivity index (χ3n) is 6.20. The lowest BCUT2D eigenvalue weighted by Gasteiger charge is -2.33. The maximum Gasteiger partial charge on any atom is 0.239 e. The summed E-state index contributed by atoms with van der Waals surface area (Å²) < 4.78 is 26.4. The van der Waals surface area contributed by atoms with Crippen LogP contribution in [-0.4, -0.2) is 54.5 Å². The maximum atomic E-state index is 13.4. The molecule has 0 bridgehead atoms. The number of nitriles is 1. The molecule has 1 aromatic carbocycles. The van der Waals surface area contributed by atoms with E-state index < -0.39 is 0 Å². The lowest BCUT2D eigenvalue weighted by molar-refractivity contribution is -0.119. The Morgan fingerprint density at radius 1 is 1.19 bits per heavy atom. The van der Waals surface area contributed by atoms with Crippen molar-refractivity contribution in [3.05, 3.63) is 46.9 Å². The molecule has 0 radical (unpaired) electrons. The van der Waals surface area contributed by atoms with Crippen LogP contribution >= 0.6 is 0 Å². The summed E-state index contributed by atoms with van der Waals surface area (Å²) in [6.07, 6.45) is 1.73. The number of carbonyl (C=O) groups is 1. The number of anilines is 1. The van der Waals surface area contributed by atoms with Gasteiger partial charge in [-0.05, 0) is 69.6 Å². The van der Waals surface area contributed by atoms with Crippen LogP contribution in [0.5, 0.6) is 0 Å². The van der Waals surface area contributed by atoms with Crippen molar-refractivity contribution in [2.24, 2.45) is 5.92 Å². The number of likely N-dealkylation sites (tertiary alicyclic amines) is 1. The van der Waals surface area contributed by atoms with Gasteiger partial charge < -0.3 is 14.8 Å². The first-order valence-electron chi connectivity index (χ1n) is 10.6. The van der Waals surface area contributed by atoms with Crippen molar-refractivity contribution in [2.75, 3.05) is 38.2 Å². The van der Waals surface area contributed by atoms with Gasteiger partial charge in [-0.2, -0.15) is 5.26 Å². The summed E-state index contributed by atoms with van der Waals surface area (Å²) in [5.41, 5.74) is 2.73. The van der Waals surface area contributed by atoms with Crippen molar-refractivity contribution < 1.29 is 18.7 Å². The molecular weight excluding hydrogens is 399 g/mol. The van der Waals surface area contributed by atoms with E-state index >= 15 is 0 Å². The number of hydrogen-bond acceptors (Lipinski definition) is 5. The number of aromatic nitrogens is 1. The molecule has 4 rings (SSSR count). The predicted octanol–water partition coefficient (Wildman–Crippen LogP) is 3.13. The molecular formula is C23H27FN4O3. The van der Waals surface area contributed by atoms with Gasteiger partial charge in [-0.3, -0.25) is 14.3 Å². The molecule has 2 fully saturated rings. The standard InChI is InChI=1S/C23H27FN4O3/c1-15-16(2)28(19-5-3-18(24)4-6-19)22(20(15)13-25)26-21(29)14-27-9-7-17(8-10-27)23-30-11-12-31-23/h3-6,17,23H,7-12,14H2,1-2H3,(H,26,29). The van der Waals surface area contributed by atoms with Crippen LogP contribution in [0.4, 0.5) is 10.2 Å². The average Bonchev–Trinajstić information content (AvgIpc) is 3.37. The monoisotopic (exact) mass is 426 g/mol. The highest BCUT2D eigenvalue weighted by atomic mass is 19.1. The summed E-state index contributed by atoms with van der Waals surface area (Å²) in [5, 5.41) is 12.6. The number of halogens is 1. The minimum absolute atomic E-state index is 0.112. The fraction of sp³-hybridized carbons (Fsp3) is 0.478. The summed E-state index contributed by atoms with van der Waals surface area (Å²) in [7, 11) is 0. The highest BCUT2D eigenvalue weighted by Crippen LogP contribution is 2.30. The molecule has 0 unspecified atom stereocenters. The molecule has 3 heterocycles. The normalized spacial score (nSPS) is 18.3. The van der Waals surface area contributed by atoms with Gasteiger partial charge in [0.2, 0.25) is 5.91 Å². The highest BCUT2D eigenvalue weighted by molar-refractivity contribution is 5.93. The molecule has 2 aromatic rings. The van der Waals surface area contributed by atoms with E-state index in [1.807, 2.05) is 13.8 Å². The molecule has 1 N–H and O–H groups in total. The van der Waals surface area contributed by atoms with E-state index in [-0.39, 0.29) is 24.6 Å². The third-order valence-corrected chi connectivity index (χ3v) is 6.20. The molecule has 7 nitrogen and oxygen atoms in total. The van der Waals surface area contributed by atoms with Crippen LogP contribution in [0.1, 0.15) is 29.7 Å². The van der Waals surface area contributed by atoms with Gasteiger partial charge in [0, 0.05) is 17.3 Å². The summed E-state index contributed by atoms with van der Waals surface area (Å²) in [6.45, 7) is 6.88. The SMILES string of the molecule is Cc1c(C#N)c(NC(=O)CN2CCC(C3OCCO3)CC2)n(-c2ccc(F)cc2)c1C. The number of piperidine rings is 1. The number of carbonyl (C=O) groups excluding carboxylic acids is 1. The number of benzene rings is 1. The zero-order valence-electron chi connectivity index (χ0n) is 17.9. The van der Waals surface area contributed by atoms with Gasteiger partial charge in [0.1, 0.15) is 17.7 Å². The Hall–Kier alpha value is -2.73. The first kappa shape index (κ1) is 21.5. The van der Waals surface area contributed by atoms with Crippen LogP contribution in [0, 0.1) is 36.9 Å². The number of ether oxygens (including phenoxy) is 2. The zero-order chi connectivity index (χ0) is 22.0. The van der Waals surface area contributed by atoms with Crippen molar-refractivity contribution in [1.82, 2.24) is 9.47 Å². The molecule has 8 heteroatoms. The van der Waals surface area contributed by atoms with E-state index in [2.05, 4.69) is 16.3 Å². The summed E-state index contributed by atoms with van der Waals surface area (Å²) >= 11 is 0. The molecule has 1 aromatic heterocycles. The Kier molecular flexibility index (Phi) is 6.37. The zero-order valence-corrected chi connectivity index (χ0v) is 17.9. The fourth-order valence-corrected chi connectivity index (χ4v) is 4.38. The van der Waals surface area contributed by atoms with Gasteiger partial charge in [0.05, 0.1) is 25.3 Å². The third kappa shape index (κ3) is 4.49. The van der Waals surface area contributed by atoms with Crippen molar-refractivity contribution in [2.45, 2.75) is 33.0 Å². The molecule has 2 aliphatic rings. The van der Waals surface area contributed by atoms with Crippen LogP contribution in [0.25, 0.3) is 5.69 Å². The molecule has 1 amide bonds. The number of hydrogen-bond donors (Lipinski definition) is 1. The van der Waals surface area contributed by atoms with Gasteiger partial charge in [-0.15, -0.1) is 0 Å². The smallest absolute Gasteiger partial charge is 0.239 e. The fourth-order valence-electron chi connectivity index (χ4n) is 4.38. The second-order valence-corrected chi connectivity index (χ2v) is 8.13. The van der Waals surface area contributed by atoms with Gasteiger partial charge in [0.25, 0.3) is 0 Å². The number of nitrogens with one attached hydrogen (secondary N) is 1. The maximum absolute atomic E-state index is 13.4. The summed E-state index contributed by atoms with van der Waals surface area (Å²) in [4.78, 5) is 15.0. The summed E-state index contributed by atoms with van der Waals surface area (Å²) in [5.74, 6) is 0.280. The van der Waals surface area contributed by atoms with E-state index in [4.69, 9.17) is 9.47 Å². The van der Waals surface area contributed by atoms with E-state index in [0.29, 0.717) is 36.2 Å². The molecule has 31 heavy (non-hydrogen) atoms. The van der Waals surface area contributed by atoms with E-state index in [1.54, 1.807) is 16.7 Å². The Morgan fingerprint density at radius 3 is 2.45 bits per heavy atom. The second kappa shape index (κ2) is 9.18. The Balaban J connectivity index is 1.46. The van der Waals surface area contributed by atoms with E-state index in [1.165, 1.54) is 12.1 Å². The van der Waals surface area contributed by atoms with Crippen molar-refractivity contribution in [3.63, 3.8) is 0 Å². The number of nitrogens with zero attached hydrogens (tertiary/aromatic N) is 3. The van der Waals surface area contributed by atoms with Crippen LogP contribution < -0.4 is 5.32 Å². The highest BCUT2D eigenvalue weighted by Gasteiger charge is 2.31. The van der Waals surface area contributed by atoms with E-state index in [0.717, 1.165) is 37.2 Å². The molecule has 0 spiro atoms. The minimum Gasteiger partial charge on any atom is -0.350 e. The molecule has 2 aliphatic heterocycles. The first-order chi connectivity index (χ1) is 15.0. The lowest BCUT2D eigenvalue weighted by Crippen LogP contribution is -2.42. The Bertz CT molecular complexity index is 982. The largest absolute Gasteiger partial charge is 0.350 e. The van der Waals surface area contributed by atoms with Gasteiger partial charge >= 0.3 is 0 Å². The summed E-state index contributed by atoms with van der Waals surface area (Å²) in [6, 6.07) is 8.20. The van der Waals surface area contributed by atoms with Gasteiger partial charge in [-0.1, -0.05) is 0 Å². The lowest BCUT2D eigenvalue weighted by atomic mass is 9.96.